The molecule has 100 valence electrons. The van der Waals surface area contributed by atoms with E-state index in [4.69, 9.17) is 9.47 Å². The lowest BCUT2D eigenvalue weighted by Gasteiger charge is -2.11. The Morgan fingerprint density at radius 3 is 2.74 bits per heavy atom. The van der Waals surface area contributed by atoms with E-state index in [1.54, 1.807) is 13.3 Å². The van der Waals surface area contributed by atoms with E-state index in [0.29, 0.717) is 12.4 Å². The van der Waals surface area contributed by atoms with Gasteiger partial charge in [0.05, 0.1) is 23.5 Å². The standard InChI is InChI=1S/C12H13IN4O2/c1-3-19-12-10(13)4-9(5-11(12)18-2)6-16-17-7-14-15-8-17/h4-8H,3H2,1-2H3. The van der Waals surface area contributed by atoms with Gasteiger partial charge in [-0.2, -0.15) is 5.10 Å². The van der Waals surface area contributed by atoms with Crippen LogP contribution in [0.3, 0.4) is 0 Å². The lowest BCUT2D eigenvalue weighted by atomic mass is 10.2. The van der Waals surface area contributed by atoms with E-state index in [-0.39, 0.29) is 0 Å². The van der Waals surface area contributed by atoms with Gasteiger partial charge in [-0.25, -0.2) is 4.68 Å². The van der Waals surface area contributed by atoms with Crippen molar-refractivity contribution in [3.8, 4) is 11.5 Å². The zero-order chi connectivity index (χ0) is 13.7. The molecule has 2 rings (SSSR count). The summed E-state index contributed by atoms with van der Waals surface area (Å²) in [4.78, 5) is 0. The fourth-order valence-corrected chi connectivity index (χ4v) is 2.27. The zero-order valence-corrected chi connectivity index (χ0v) is 12.7. The molecule has 0 N–H and O–H groups in total. The molecule has 0 unspecified atom stereocenters. The Labute approximate surface area is 124 Å². The third kappa shape index (κ3) is 3.43. The molecule has 0 aliphatic rings. The third-order valence-corrected chi connectivity index (χ3v) is 3.09. The predicted octanol–water partition coefficient (Wildman–Crippen LogP) is 2.17. The fraction of sp³-hybridized carbons (Fsp3) is 0.250. The lowest BCUT2D eigenvalue weighted by Crippen LogP contribution is -1.99. The van der Waals surface area contributed by atoms with Crippen LogP contribution in [0.5, 0.6) is 11.5 Å². The number of aromatic nitrogens is 3. The van der Waals surface area contributed by atoms with Gasteiger partial charge in [0.2, 0.25) is 0 Å². The van der Waals surface area contributed by atoms with E-state index in [1.807, 2.05) is 19.1 Å². The van der Waals surface area contributed by atoms with Gasteiger partial charge in [-0.15, -0.1) is 10.2 Å². The smallest absolute Gasteiger partial charge is 0.174 e. The van der Waals surface area contributed by atoms with E-state index >= 15 is 0 Å². The quantitative estimate of drug-likeness (QED) is 0.596. The molecular weight excluding hydrogens is 359 g/mol. The van der Waals surface area contributed by atoms with Gasteiger partial charge >= 0.3 is 0 Å². The maximum atomic E-state index is 5.56. The van der Waals surface area contributed by atoms with Crippen LogP contribution >= 0.6 is 22.6 Å². The molecule has 0 radical (unpaired) electrons. The number of halogens is 1. The number of methoxy groups -OCH3 is 1. The molecule has 7 heteroatoms. The molecule has 0 amide bonds. The van der Waals surface area contributed by atoms with Gasteiger partial charge in [0.1, 0.15) is 12.7 Å². The SMILES string of the molecule is CCOc1c(I)cc(C=Nn2cnnc2)cc1OC. The molecule has 1 aromatic carbocycles. The van der Waals surface area contributed by atoms with Crippen molar-refractivity contribution in [3.05, 3.63) is 33.9 Å². The highest BCUT2D eigenvalue weighted by atomic mass is 127. The van der Waals surface area contributed by atoms with Crippen LogP contribution in [0, 0.1) is 3.57 Å². The van der Waals surface area contributed by atoms with E-state index < -0.39 is 0 Å². The molecule has 0 saturated carbocycles. The van der Waals surface area contributed by atoms with Gasteiger partial charge in [-0.1, -0.05) is 0 Å². The first-order chi connectivity index (χ1) is 9.24. The summed E-state index contributed by atoms with van der Waals surface area (Å²) in [6.45, 7) is 2.54. The molecule has 0 fully saturated rings. The van der Waals surface area contributed by atoms with Gasteiger partial charge in [0.15, 0.2) is 11.5 Å². The minimum Gasteiger partial charge on any atom is -0.493 e. The molecule has 6 nitrogen and oxygen atoms in total. The molecule has 1 aromatic heterocycles. The van der Waals surface area contributed by atoms with Crippen molar-refractivity contribution in [2.45, 2.75) is 6.92 Å². The molecule has 1 heterocycles. The molecule has 0 bridgehead atoms. The first kappa shape index (κ1) is 13.8. The average Bonchev–Trinajstić information content (AvgIpc) is 2.92. The van der Waals surface area contributed by atoms with Crippen molar-refractivity contribution in [2.75, 3.05) is 13.7 Å². The second-order valence-corrected chi connectivity index (χ2v) is 4.72. The minimum absolute atomic E-state index is 0.598. The maximum absolute atomic E-state index is 5.56. The van der Waals surface area contributed by atoms with E-state index in [9.17, 15) is 0 Å². The van der Waals surface area contributed by atoms with Crippen molar-refractivity contribution >= 4 is 28.8 Å². The predicted molar refractivity (Wildman–Crippen MR) is 79.9 cm³/mol. The zero-order valence-electron chi connectivity index (χ0n) is 10.6. The highest BCUT2D eigenvalue weighted by molar-refractivity contribution is 14.1. The van der Waals surface area contributed by atoms with E-state index in [1.165, 1.54) is 17.3 Å². The lowest BCUT2D eigenvalue weighted by molar-refractivity contribution is 0.308. The van der Waals surface area contributed by atoms with Crippen molar-refractivity contribution in [1.82, 2.24) is 14.9 Å². The van der Waals surface area contributed by atoms with Crippen LogP contribution < -0.4 is 9.47 Å². The van der Waals surface area contributed by atoms with Crippen molar-refractivity contribution < 1.29 is 9.47 Å². The number of hydrogen-bond acceptors (Lipinski definition) is 5. The van der Waals surface area contributed by atoms with Gasteiger partial charge in [-0.3, -0.25) is 0 Å². The monoisotopic (exact) mass is 372 g/mol. The second kappa shape index (κ2) is 6.50. The highest BCUT2D eigenvalue weighted by Gasteiger charge is 2.10. The summed E-state index contributed by atoms with van der Waals surface area (Å²) in [5.41, 5.74) is 0.915. The van der Waals surface area contributed by atoms with E-state index in [2.05, 4.69) is 37.9 Å². The first-order valence-corrected chi connectivity index (χ1v) is 6.71. The summed E-state index contributed by atoms with van der Waals surface area (Å²) in [6.07, 6.45) is 4.75. The number of benzene rings is 1. The Hall–Kier alpha value is -1.64. The summed E-state index contributed by atoms with van der Waals surface area (Å²) in [5, 5.41) is 11.6. The Kier molecular flexibility index (Phi) is 4.72. The Bertz CT molecular complexity index is 569. The van der Waals surface area contributed by atoms with Crippen molar-refractivity contribution in [1.29, 1.82) is 0 Å². The molecular formula is C12H13IN4O2. The fourth-order valence-electron chi connectivity index (χ4n) is 1.49. The number of ether oxygens (including phenoxy) is 2. The van der Waals surface area contributed by atoms with Crippen LogP contribution in [-0.2, 0) is 0 Å². The summed E-state index contributed by atoms with van der Waals surface area (Å²) in [5.74, 6) is 1.45. The van der Waals surface area contributed by atoms with Crippen molar-refractivity contribution in [2.24, 2.45) is 5.10 Å². The van der Waals surface area contributed by atoms with Crippen LogP contribution in [0.4, 0.5) is 0 Å². The number of rotatable bonds is 5. The van der Waals surface area contributed by atoms with E-state index in [0.717, 1.165) is 14.9 Å². The normalized spacial score (nSPS) is 10.9. The largest absolute Gasteiger partial charge is 0.493 e. The number of nitrogens with zero attached hydrogens (tertiary/aromatic N) is 4. The third-order valence-electron chi connectivity index (χ3n) is 2.29. The first-order valence-electron chi connectivity index (χ1n) is 5.64. The van der Waals surface area contributed by atoms with Gasteiger partial charge in [0.25, 0.3) is 0 Å². The second-order valence-electron chi connectivity index (χ2n) is 3.55. The van der Waals surface area contributed by atoms with Gasteiger partial charge < -0.3 is 9.47 Å². The summed E-state index contributed by atoms with van der Waals surface area (Å²) in [6, 6.07) is 3.85. The van der Waals surface area contributed by atoms with Crippen LogP contribution in [0.1, 0.15) is 12.5 Å². The average molecular weight is 372 g/mol. The summed E-state index contributed by atoms with van der Waals surface area (Å²) in [7, 11) is 1.62. The van der Waals surface area contributed by atoms with Gasteiger partial charge in [-0.05, 0) is 47.2 Å². The Morgan fingerprint density at radius 2 is 2.11 bits per heavy atom. The molecule has 0 aliphatic heterocycles. The number of hydrogen-bond donors (Lipinski definition) is 0. The molecule has 0 spiro atoms. The van der Waals surface area contributed by atoms with Crippen LogP contribution in [-0.4, -0.2) is 34.8 Å². The van der Waals surface area contributed by atoms with Crippen LogP contribution in [0.15, 0.2) is 29.9 Å². The Balaban J connectivity index is 2.30. The Morgan fingerprint density at radius 1 is 1.37 bits per heavy atom. The minimum atomic E-state index is 0.598. The highest BCUT2D eigenvalue weighted by Crippen LogP contribution is 2.33. The maximum Gasteiger partial charge on any atom is 0.174 e. The summed E-state index contributed by atoms with van der Waals surface area (Å²) >= 11 is 2.21. The molecule has 2 aromatic rings. The van der Waals surface area contributed by atoms with Crippen molar-refractivity contribution in [3.63, 3.8) is 0 Å². The van der Waals surface area contributed by atoms with Crippen LogP contribution in [0.25, 0.3) is 0 Å². The molecule has 0 aliphatic carbocycles. The summed E-state index contributed by atoms with van der Waals surface area (Å²) < 4.78 is 13.4. The van der Waals surface area contributed by atoms with Crippen LogP contribution in [0.2, 0.25) is 0 Å². The molecule has 0 saturated heterocycles. The topological polar surface area (TPSA) is 61.5 Å². The molecule has 0 atom stereocenters. The van der Waals surface area contributed by atoms with Gasteiger partial charge in [0, 0.05) is 0 Å². The molecule has 19 heavy (non-hydrogen) atoms.